The molecule has 0 aliphatic rings. The lowest BCUT2D eigenvalue weighted by molar-refractivity contribution is -0.141. The Kier molecular flexibility index (Phi) is 3.63. The summed E-state index contributed by atoms with van der Waals surface area (Å²) in [6.45, 7) is 0. The molecule has 8 heteroatoms. The van der Waals surface area contributed by atoms with Crippen LogP contribution in [0.4, 0.5) is 18.9 Å². The first-order valence-electron chi connectivity index (χ1n) is 5.27. The van der Waals surface area contributed by atoms with Crippen LogP contribution in [0.2, 0.25) is 5.02 Å². The van der Waals surface area contributed by atoms with Gasteiger partial charge in [0.1, 0.15) is 11.4 Å². The molecule has 0 aliphatic carbocycles. The average molecular weight is 302 g/mol. The van der Waals surface area contributed by atoms with Gasteiger partial charge in [0.05, 0.1) is 16.4 Å². The van der Waals surface area contributed by atoms with Gasteiger partial charge in [0.15, 0.2) is 6.29 Å². The molecule has 0 aromatic carbocycles. The summed E-state index contributed by atoms with van der Waals surface area (Å²) in [6, 6.07) is 3.30. The molecule has 0 atom stereocenters. The highest BCUT2D eigenvalue weighted by Gasteiger charge is 2.32. The molecule has 0 amide bonds. The number of nitrogen functional groups attached to an aromatic ring is 1. The van der Waals surface area contributed by atoms with E-state index in [4.69, 9.17) is 17.3 Å². The second-order valence-electron chi connectivity index (χ2n) is 3.84. The lowest BCUT2D eigenvalue weighted by Gasteiger charge is -2.09. The molecule has 2 rings (SSSR count). The third kappa shape index (κ3) is 2.72. The minimum atomic E-state index is -4.52. The van der Waals surface area contributed by atoms with Crippen LogP contribution in [0.1, 0.15) is 16.2 Å². The summed E-state index contributed by atoms with van der Waals surface area (Å²) in [5, 5.41) is 0.0705. The Morgan fingerprint density at radius 3 is 2.50 bits per heavy atom. The number of halogens is 4. The van der Waals surface area contributed by atoms with Crippen molar-refractivity contribution in [2.24, 2.45) is 0 Å². The molecule has 2 aromatic rings. The topological polar surface area (TPSA) is 68.9 Å². The molecule has 4 nitrogen and oxygen atoms in total. The number of carbonyl (C=O) groups excluding carboxylic acids is 1. The monoisotopic (exact) mass is 301 g/mol. The standard InChI is InChI=1S/C12H7ClF3N3O/c13-7-3-8(17)11(19-9(7)5-20)6-1-2-10(18-4-6)12(14,15)16/h1-5H,17H2. The zero-order chi connectivity index (χ0) is 14.9. The van der Waals surface area contributed by atoms with Gasteiger partial charge in [0.2, 0.25) is 0 Å². The van der Waals surface area contributed by atoms with Crippen LogP contribution in [-0.4, -0.2) is 16.3 Å². The molecular weight excluding hydrogens is 295 g/mol. The van der Waals surface area contributed by atoms with E-state index in [0.29, 0.717) is 6.29 Å². The van der Waals surface area contributed by atoms with Crippen LogP contribution in [0.15, 0.2) is 24.4 Å². The molecule has 20 heavy (non-hydrogen) atoms. The van der Waals surface area contributed by atoms with Crippen LogP contribution >= 0.6 is 11.6 Å². The highest BCUT2D eigenvalue weighted by Crippen LogP contribution is 2.31. The van der Waals surface area contributed by atoms with Gasteiger partial charge in [-0.3, -0.25) is 9.78 Å². The van der Waals surface area contributed by atoms with Crippen molar-refractivity contribution in [3.63, 3.8) is 0 Å². The number of hydrogen-bond donors (Lipinski definition) is 1. The lowest BCUT2D eigenvalue weighted by Crippen LogP contribution is -2.07. The van der Waals surface area contributed by atoms with E-state index in [-0.39, 0.29) is 27.7 Å². The first-order chi connectivity index (χ1) is 9.32. The number of rotatable bonds is 2. The molecule has 0 fully saturated rings. The zero-order valence-electron chi connectivity index (χ0n) is 9.78. The van der Waals surface area contributed by atoms with Crippen LogP contribution in [0.3, 0.4) is 0 Å². The van der Waals surface area contributed by atoms with E-state index in [9.17, 15) is 18.0 Å². The quantitative estimate of drug-likeness (QED) is 0.865. The maximum absolute atomic E-state index is 12.4. The van der Waals surface area contributed by atoms with Gasteiger partial charge in [-0.05, 0) is 18.2 Å². The van der Waals surface area contributed by atoms with Crippen molar-refractivity contribution >= 4 is 23.6 Å². The first kappa shape index (κ1) is 14.3. The van der Waals surface area contributed by atoms with Gasteiger partial charge in [0.25, 0.3) is 0 Å². The van der Waals surface area contributed by atoms with Crippen molar-refractivity contribution < 1.29 is 18.0 Å². The maximum atomic E-state index is 12.4. The number of pyridine rings is 2. The fourth-order valence-corrected chi connectivity index (χ4v) is 1.74. The molecule has 0 saturated carbocycles. The summed E-state index contributed by atoms with van der Waals surface area (Å²) in [5.41, 5.74) is 5.17. The predicted molar refractivity (Wildman–Crippen MR) is 67.3 cm³/mol. The fourth-order valence-electron chi connectivity index (χ4n) is 1.53. The van der Waals surface area contributed by atoms with Gasteiger partial charge in [-0.25, -0.2) is 4.98 Å². The number of aromatic nitrogens is 2. The largest absolute Gasteiger partial charge is 0.433 e. The van der Waals surface area contributed by atoms with Crippen molar-refractivity contribution in [3.05, 3.63) is 40.8 Å². The van der Waals surface area contributed by atoms with Crippen molar-refractivity contribution in [3.8, 4) is 11.3 Å². The van der Waals surface area contributed by atoms with E-state index in [1.54, 1.807) is 0 Å². The summed E-state index contributed by atoms with van der Waals surface area (Å²) < 4.78 is 37.2. The predicted octanol–water partition coefficient (Wildman–Crippen LogP) is 3.21. The summed E-state index contributed by atoms with van der Waals surface area (Å²) in [6.07, 6.45) is -3.10. The van der Waals surface area contributed by atoms with E-state index in [1.165, 1.54) is 12.1 Å². The molecule has 0 saturated heterocycles. The number of nitrogens with zero attached hydrogens (tertiary/aromatic N) is 2. The number of carbonyl (C=O) groups is 1. The average Bonchev–Trinajstić information content (AvgIpc) is 2.38. The molecule has 0 radical (unpaired) electrons. The van der Waals surface area contributed by atoms with Crippen LogP contribution < -0.4 is 5.73 Å². The van der Waals surface area contributed by atoms with E-state index in [1.807, 2.05) is 0 Å². The van der Waals surface area contributed by atoms with Gasteiger partial charge >= 0.3 is 6.18 Å². The molecule has 0 spiro atoms. The van der Waals surface area contributed by atoms with Crippen LogP contribution in [0.25, 0.3) is 11.3 Å². The Hall–Kier alpha value is -2.15. The van der Waals surface area contributed by atoms with Crippen LogP contribution in [-0.2, 0) is 6.18 Å². The van der Waals surface area contributed by atoms with Crippen molar-refractivity contribution in [1.82, 2.24) is 9.97 Å². The normalized spacial score (nSPS) is 11.4. The zero-order valence-corrected chi connectivity index (χ0v) is 10.5. The van der Waals surface area contributed by atoms with E-state index >= 15 is 0 Å². The first-order valence-corrected chi connectivity index (χ1v) is 5.65. The van der Waals surface area contributed by atoms with Gasteiger partial charge < -0.3 is 5.73 Å². The Bertz CT molecular complexity index is 656. The maximum Gasteiger partial charge on any atom is 0.433 e. The fraction of sp³-hybridized carbons (Fsp3) is 0.0833. The van der Waals surface area contributed by atoms with Gasteiger partial charge in [-0.15, -0.1) is 0 Å². The summed E-state index contributed by atoms with van der Waals surface area (Å²) in [5.74, 6) is 0. The van der Waals surface area contributed by atoms with Gasteiger partial charge in [0, 0.05) is 11.8 Å². The van der Waals surface area contributed by atoms with Crippen LogP contribution in [0, 0.1) is 0 Å². The van der Waals surface area contributed by atoms with E-state index in [2.05, 4.69) is 9.97 Å². The number of anilines is 1. The third-order valence-corrected chi connectivity index (χ3v) is 2.77. The van der Waals surface area contributed by atoms with Gasteiger partial charge in [-0.1, -0.05) is 11.6 Å². The molecule has 2 heterocycles. The highest BCUT2D eigenvalue weighted by molar-refractivity contribution is 6.33. The second kappa shape index (κ2) is 5.09. The molecule has 0 bridgehead atoms. The smallest absolute Gasteiger partial charge is 0.397 e. The van der Waals surface area contributed by atoms with E-state index in [0.717, 1.165) is 12.3 Å². The second-order valence-corrected chi connectivity index (χ2v) is 4.25. The van der Waals surface area contributed by atoms with Gasteiger partial charge in [-0.2, -0.15) is 13.2 Å². The number of hydrogen-bond acceptors (Lipinski definition) is 4. The molecular formula is C12H7ClF3N3O. The summed E-state index contributed by atoms with van der Waals surface area (Å²) in [7, 11) is 0. The highest BCUT2D eigenvalue weighted by atomic mass is 35.5. The Morgan fingerprint density at radius 1 is 1.30 bits per heavy atom. The Labute approximate surface area is 116 Å². The molecule has 104 valence electrons. The Morgan fingerprint density at radius 2 is 2.00 bits per heavy atom. The van der Waals surface area contributed by atoms with Crippen LogP contribution in [0.5, 0.6) is 0 Å². The molecule has 2 aromatic heterocycles. The molecule has 0 unspecified atom stereocenters. The minimum absolute atomic E-state index is 0.0456. The third-order valence-electron chi connectivity index (χ3n) is 2.47. The number of alkyl halides is 3. The van der Waals surface area contributed by atoms with Crippen molar-refractivity contribution in [1.29, 1.82) is 0 Å². The Balaban J connectivity index is 2.49. The van der Waals surface area contributed by atoms with Crippen molar-refractivity contribution in [2.75, 3.05) is 5.73 Å². The lowest BCUT2D eigenvalue weighted by atomic mass is 10.1. The number of aldehydes is 1. The summed E-state index contributed by atoms with van der Waals surface area (Å²) >= 11 is 5.74. The summed E-state index contributed by atoms with van der Waals surface area (Å²) in [4.78, 5) is 18.0. The van der Waals surface area contributed by atoms with E-state index < -0.39 is 11.9 Å². The molecule has 2 N–H and O–H groups in total. The number of nitrogens with two attached hydrogens (primary N) is 1. The van der Waals surface area contributed by atoms with Crippen molar-refractivity contribution in [2.45, 2.75) is 6.18 Å². The molecule has 0 aliphatic heterocycles. The SMILES string of the molecule is Nc1cc(Cl)c(C=O)nc1-c1ccc(C(F)(F)F)nc1. The minimum Gasteiger partial charge on any atom is -0.397 e.